The van der Waals surface area contributed by atoms with Gasteiger partial charge in [-0.15, -0.1) is 0 Å². The Bertz CT molecular complexity index is 655. The van der Waals surface area contributed by atoms with Crippen LogP contribution >= 0.6 is 0 Å². The zero-order chi connectivity index (χ0) is 13.9. The van der Waals surface area contributed by atoms with Crippen molar-refractivity contribution >= 4 is 5.91 Å². The van der Waals surface area contributed by atoms with E-state index >= 15 is 0 Å². The third kappa shape index (κ3) is 2.48. The lowest BCUT2D eigenvalue weighted by Gasteiger charge is -2.08. The van der Waals surface area contributed by atoms with Crippen LogP contribution in [0.25, 0.3) is 0 Å². The summed E-state index contributed by atoms with van der Waals surface area (Å²) in [6.45, 7) is 2.23. The topological polar surface area (TPSA) is 74.2 Å². The largest absolute Gasteiger partial charge is 0.505 e. The number of nitrogens with one attached hydrogen (secondary N) is 2. The summed E-state index contributed by atoms with van der Waals surface area (Å²) in [6, 6.07) is 7.69. The van der Waals surface area contributed by atoms with Gasteiger partial charge in [0.05, 0.1) is 11.8 Å². The number of aromatic nitrogens is 1. The smallest absolute Gasteiger partial charge is 0.255 e. The predicted octanol–water partition coefficient (Wildman–Crippen LogP) is 1.32. The SMILES string of the molecule is O=C(NCc1ccc2c(c1)CNC2)c1ccncc1O. The number of carbonyl (C=O) groups is 1. The zero-order valence-corrected chi connectivity index (χ0v) is 10.9. The Morgan fingerprint density at radius 2 is 2.15 bits per heavy atom. The highest BCUT2D eigenvalue weighted by Gasteiger charge is 2.12. The van der Waals surface area contributed by atoms with Crippen LogP contribution in [0.2, 0.25) is 0 Å². The molecule has 0 spiro atoms. The van der Waals surface area contributed by atoms with Crippen molar-refractivity contribution in [3.63, 3.8) is 0 Å². The van der Waals surface area contributed by atoms with Gasteiger partial charge in [0.15, 0.2) is 0 Å². The van der Waals surface area contributed by atoms with E-state index in [1.54, 1.807) is 0 Å². The summed E-state index contributed by atoms with van der Waals surface area (Å²) < 4.78 is 0. The molecule has 102 valence electrons. The third-order valence-electron chi connectivity index (χ3n) is 3.40. The molecule has 0 unspecified atom stereocenters. The van der Waals surface area contributed by atoms with Crippen LogP contribution in [0.15, 0.2) is 36.7 Å². The molecule has 0 saturated carbocycles. The summed E-state index contributed by atoms with van der Waals surface area (Å²) in [5.41, 5.74) is 3.88. The molecule has 3 N–H and O–H groups in total. The van der Waals surface area contributed by atoms with Crippen LogP contribution in [0, 0.1) is 0 Å². The molecule has 1 amide bonds. The summed E-state index contributed by atoms with van der Waals surface area (Å²) in [4.78, 5) is 15.7. The first-order chi connectivity index (χ1) is 9.74. The second-order valence-corrected chi connectivity index (χ2v) is 4.78. The molecule has 0 radical (unpaired) electrons. The Morgan fingerprint density at radius 3 is 3.00 bits per heavy atom. The molecule has 1 aliphatic rings. The van der Waals surface area contributed by atoms with Crippen molar-refractivity contribution in [2.24, 2.45) is 0 Å². The predicted molar refractivity (Wildman–Crippen MR) is 74.1 cm³/mol. The number of nitrogens with zero attached hydrogens (tertiary/aromatic N) is 1. The molecule has 2 aromatic rings. The fourth-order valence-electron chi connectivity index (χ4n) is 2.31. The van der Waals surface area contributed by atoms with E-state index in [1.165, 1.54) is 29.6 Å². The molecule has 0 atom stereocenters. The summed E-state index contributed by atoms with van der Waals surface area (Å²) in [6.07, 6.45) is 2.74. The second kappa shape index (κ2) is 5.30. The van der Waals surface area contributed by atoms with Crippen molar-refractivity contribution in [1.82, 2.24) is 15.6 Å². The first-order valence-corrected chi connectivity index (χ1v) is 6.46. The van der Waals surface area contributed by atoms with Gasteiger partial charge in [-0.05, 0) is 22.8 Å². The average molecular weight is 269 g/mol. The third-order valence-corrected chi connectivity index (χ3v) is 3.40. The number of fused-ring (bicyclic) bond motifs is 1. The van der Waals surface area contributed by atoms with E-state index in [-0.39, 0.29) is 17.2 Å². The van der Waals surface area contributed by atoms with Gasteiger partial charge in [0, 0.05) is 25.8 Å². The maximum Gasteiger partial charge on any atom is 0.255 e. The fourth-order valence-corrected chi connectivity index (χ4v) is 2.31. The Hall–Kier alpha value is -2.40. The van der Waals surface area contributed by atoms with E-state index in [1.807, 2.05) is 6.07 Å². The molecule has 1 aromatic heterocycles. The maximum atomic E-state index is 12.0. The van der Waals surface area contributed by atoms with Crippen molar-refractivity contribution in [3.05, 3.63) is 58.9 Å². The maximum absolute atomic E-state index is 12.0. The lowest BCUT2D eigenvalue weighted by molar-refractivity contribution is 0.0948. The van der Waals surface area contributed by atoms with Gasteiger partial charge >= 0.3 is 0 Å². The van der Waals surface area contributed by atoms with Crippen LogP contribution in [0.1, 0.15) is 27.0 Å². The zero-order valence-electron chi connectivity index (χ0n) is 10.9. The minimum Gasteiger partial charge on any atom is -0.505 e. The van der Waals surface area contributed by atoms with Gasteiger partial charge in [0.2, 0.25) is 0 Å². The molecule has 0 saturated heterocycles. The number of pyridine rings is 1. The van der Waals surface area contributed by atoms with Crippen molar-refractivity contribution in [2.45, 2.75) is 19.6 Å². The highest BCUT2D eigenvalue weighted by atomic mass is 16.3. The van der Waals surface area contributed by atoms with Gasteiger partial charge in [-0.3, -0.25) is 9.78 Å². The standard InChI is InChI=1S/C15H15N3O2/c19-14-9-16-4-3-13(14)15(20)18-6-10-1-2-11-7-17-8-12(11)5-10/h1-5,9,17,19H,6-8H2,(H,18,20). The quantitative estimate of drug-likeness (QED) is 0.785. The van der Waals surface area contributed by atoms with Crippen LogP contribution in [0.5, 0.6) is 5.75 Å². The number of aromatic hydroxyl groups is 1. The lowest BCUT2D eigenvalue weighted by atomic mass is 10.1. The minimum atomic E-state index is -0.302. The molecule has 0 bridgehead atoms. The molecule has 1 aliphatic heterocycles. The van der Waals surface area contributed by atoms with E-state index < -0.39 is 0 Å². The fraction of sp³-hybridized carbons (Fsp3) is 0.200. The summed E-state index contributed by atoms with van der Waals surface area (Å²) in [5, 5.41) is 15.7. The number of hydrogen-bond donors (Lipinski definition) is 3. The molecule has 0 aliphatic carbocycles. The monoisotopic (exact) mass is 269 g/mol. The van der Waals surface area contributed by atoms with Crippen LogP contribution in [0.3, 0.4) is 0 Å². The van der Waals surface area contributed by atoms with E-state index in [0.717, 1.165) is 18.7 Å². The van der Waals surface area contributed by atoms with Gasteiger partial charge < -0.3 is 15.7 Å². The van der Waals surface area contributed by atoms with E-state index in [2.05, 4.69) is 27.8 Å². The molecule has 5 nitrogen and oxygen atoms in total. The summed E-state index contributed by atoms with van der Waals surface area (Å²) >= 11 is 0. The highest BCUT2D eigenvalue weighted by molar-refractivity contribution is 5.96. The Balaban J connectivity index is 1.68. The van der Waals surface area contributed by atoms with Gasteiger partial charge in [-0.1, -0.05) is 18.2 Å². The van der Waals surface area contributed by atoms with E-state index in [4.69, 9.17) is 0 Å². The summed E-state index contributed by atoms with van der Waals surface area (Å²) in [5.74, 6) is -0.410. The number of rotatable bonds is 3. The van der Waals surface area contributed by atoms with Crippen molar-refractivity contribution in [1.29, 1.82) is 0 Å². The van der Waals surface area contributed by atoms with Crippen molar-refractivity contribution in [3.8, 4) is 5.75 Å². The second-order valence-electron chi connectivity index (χ2n) is 4.78. The first kappa shape index (κ1) is 12.6. The van der Waals surface area contributed by atoms with Crippen LogP contribution in [-0.4, -0.2) is 16.0 Å². The number of carbonyl (C=O) groups excluding carboxylic acids is 1. The Labute approximate surface area is 116 Å². The molecule has 1 aromatic carbocycles. The van der Waals surface area contributed by atoms with E-state index in [9.17, 15) is 9.90 Å². The summed E-state index contributed by atoms with van der Waals surface area (Å²) in [7, 11) is 0. The molecule has 0 fully saturated rings. The van der Waals surface area contributed by atoms with Gasteiger partial charge in [-0.2, -0.15) is 0 Å². The molecule has 3 rings (SSSR count). The Morgan fingerprint density at radius 1 is 1.30 bits per heavy atom. The number of amides is 1. The Kier molecular flexibility index (Phi) is 3.35. The van der Waals surface area contributed by atoms with Crippen LogP contribution in [-0.2, 0) is 19.6 Å². The average Bonchev–Trinajstić information content (AvgIpc) is 2.92. The van der Waals surface area contributed by atoms with Crippen molar-refractivity contribution in [2.75, 3.05) is 0 Å². The number of benzene rings is 1. The lowest BCUT2D eigenvalue weighted by Crippen LogP contribution is -2.23. The first-order valence-electron chi connectivity index (χ1n) is 6.46. The normalized spacial score (nSPS) is 13.0. The minimum absolute atomic E-state index is 0.108. The van der Waals surface area contributed by atoms with Gasteiger partial charge in [0.1, 0.15) is 5.75 Å². The van der Waals surface area contributed by atoms with Crippen LogP contribution in [0.4, 0.5) is 0 Å². The van der Waals surface area contributed by atoms with Gasteiger partial charge in [0.25, 0.3) is 5.91 Å². The van der Waals surface area contributed by atoms with Crippen molar-refractivity contribution < 1.29 is 9.90 Å². The molecule has 5 heteroatoms. The molecule has 20 heavy (non-hydrogen) atoms. The molecular weight excluding hydrogens is 254 g/mol. The van der Waals surface area contributed by atoms with Crippen LogP contribution < -0.4 is 10.6 Å². The highest BCUT2D eigenvalue weighted by Crippen LogP contribution is 2.17. The number of hydrogen-bond acceptors (Lipinski definition) is 4. The van der Waals surface area contributed by atoms with E-state index in [0.29, 0.717) is 6.54 Å². The van der Waals surface area contributed by atoms with Gasteiger partial charge in [-0.25, -0.2) is 0 Å². The molecule has 2 heterocycles. The molecular formula is C15H15N3O2.